The van der Waals surface area contributed by atoms with Crippen molar-refractivity contribution in [2.75, 3.05) is 30.1 Å². The van der Waals surface area contributed by atoms with Gasteiger partial charge in [0.2, 0.25) is 0 Å². The molecule has 0 aliphatic carbocycles. The molecule has 1 nitrogen and oxygen atoms in total. The Hall–Kier alpha value is 0.660. The SMILES string of the molecule is CSCC(C)CNC1CCSCC1. The molecule has 1 heterocycles. The maximum Gasteiger partial charge on any atom is 0.00828 e. The number of nitrogens with one attached hydrogen (secondary N) is 1. The highest BCUT2D eigenvalue weighted by molar-refractivity contribution is 7.99. The van der Waals surface area contributed by atoms with Gasteiger partial charge in [-0.1, -0.05) is 6.92 Å². The van der Waals surface area contributed by atoms with Crippen LogP contribution in [0.1, 0.15) is 19.8 Å². The minimum Gasteiger partial charge on any atom is -0.314 e. The number of hydrogen-bond donors (Lipinski definition) is 1. The number of hydrogen-bond acceptors (Lipinski definition) is 3. The molecule has 0 amide bonds. The molecule has 1 fully saturated rings. The first-order valence-corrected chi connectivity index (χ1v) is 7.68. The fraction of sp³-hybridized carbons (Fsp3) is 1.00. The smallest absolute Gasteiger partial charge is 0.00828 e. The summed E-state index contributed by atoms with van der Waals surface area (Å²) in [4.78, 5) is 0. The lowest BCUT2D eigenvalue weighted by atomic mass is 10.1. The summed E-state index contributed by atoms with van der Waals surface area (Å²) in [7, 11) is 0. The summed E-state index contributed by atoms with van der Waals surface area (Å²) in [5.41, 5.74) is 0. The maximum atomic E-state index is 3.68. The maximum absolute atomic E-state index is 3.68. The summed E-state index contributed by atoms with van der Waals surface area (Å²) in [6.07, 6.45) is 4.93. The van der Waals surface area contributed by atoms with Crippen LogP contribution >= 0.6 is 23.5 Å². The third-order valence-electron chi connectivity index (χ3n) is 2.43. The molecule has 1 aliphatic rings. The molecule has 1 saturated heterocycles. The monoisotopic (exact) mass is 219 g/mol. The van der Waals surface area contributed by atoms with Gasteiger partial charge in [-0.05, 0) is 48.8 Å². The van der Waals surface area contributed by atoms with Crippen LogP contribution in [0.3, 0.4) is 0 Å². The lowest BCUT2D eigenvalue weighted by molar-refractivity contribution is 0.444. The van der Waals surface area contributed by atoms with Gasteiger partial charge in [0.1, 0.15) is 0 Å². The molecule has 1 atom stereocenters. The second-order valence-electron chi connectivity index (χ2n) is 3.86. The molecule has 0 aromatic rings. The van der Waals surface area contributed by atoms with Crippen molar-refractivity contribution in [2.45, 2.75) is 25.8 Å². The summed E-state index contributed by atoms with van der Waals surface area (Å²) in [6, 6.07) is 0.811. The lowest BCUT2D eigenvalue weighted by Gasteiger charge is -2.24. The largest absolute Gasteiger partial charge is 0.314 e. The topological polar surface area (TPSA) is 12.0 Å². The molecule has 0 aromatic heterocycles. The molecule has 13 heavy (non-hydrogen) atoms. The van der Waals surface area contributed by atoms with Gasteiger partial charge in [0, 0.05) is 6.04 Å². The predicted octanol–water partition coefficient (Wildman–Crippen LogP) is 2.47. The standard InChI is InChI=1S/C10H21NS2/c1-9(8-12-2)7-11-10-3-5-13-6-4-10/h9-11H,3-8H2,1-2H3. The Morgan fingerprint density at radius 1 is 1.46 bits per heavy atom. The van der Waals surface area contributed by atoms with Crippen LogP contribution in [0, 0.1) is 5.92 Å². The van der Waals surface area contributed by atoms with Crippen molar-refractivity contribution in [3.63, 3.8) is 0 Å². The average Bonchev–Trinajstić information content (AvgIpc) is 2.17. The molecule has 78 valence electrons. The Morgan fingerprint density at radius 2 is 2.15 bits per heavy atom. The Bertz CT molecular complexity index is 124. The van der Waals surface area contributed by atoms with Crippen molar-refractivity contribution in [2.24, 2.45) is 5.92 Å². The Morgan fingerprint density at radius 3 is 2.77 bits per heavy atom. The van der Waals surface area contributed by atoms with Gasteiger partial charge in [0.25, 0.3) is 0 Å². The molecule has 0 bridgehead atoms. The highest BCUT2D eigenvalue weighted by Crippen LogP contribution is 2.17. The Kier molecular flexibility index (Phi) is 6.33. The molecule has 0 saturated carbocycles. The summed E-state index contributed by atoms with van der Waals surface area (Å²) < 4.78 is 0. The van der Waals surface area contributed by atoms with E-state index < -0.39 is 0 Å². The minimum absolute atomic E-state index is 0.811. The third-order valence-corrected chi connectivity index (χ3v) is 4.38. The Balaban J connectivity index is 2.03. The average molecular weight is 219 g/mol. The molecule has 1 aliphatic heterocycles. The zero-order valence-corrected chi connectivity index (χ0v) is 10.3. The van der Waals surface area contributed by atoms with Gasteiger partial charge in [-0.2, -0.15) is 23.5 Å². The van der Waals surface area contributed by atoms with E-state index in [0.717, 1.165) is 12.0 Å². The van der Waals surface area contributed by atoms with Crippen molar-refractivity contribution in [1.82, 2.24) is 5.32 Å². The molecule has 0 spiro atoms. The zero-order valence-electron chi connectivity index (χ0n) is 8.71. The van der Waals surface area contributed by atoms with E-state index in [-0.39, 0.29) is 0 Å². The molecular weight excluding hydrogens is 198 g/mol. The highest BCUT2D eigenvalue weighted by atomic mass is 32.2. The minimum atomic E-state index is 0.811. The molecule has 1 N–H and O–H groups in total. The van der Waals surface area contributed by atoms with Gasteiger partial charge < -0.3 is 5.32 Å². The van der Waals surface area contributed by atoms with Gasteiger partial charge in [-0.25, -0.2) is 0 Å². The van der Waals surface area contributed by atoms with Gasteiger partial charge in [-0.15, -0.1) is 0 Å². The normalized spacial score (nSPS) is 21.7. The van der Waals surface area contributed by atoms with Crippen molar-refractivity contribution < 1.29 is 0 Å². The van der Waals surface area contributed by atoms with Crippen LogP contribution in [0.15, 0.2) is 0 Å². The van der Waals surface area contributed by atoms with E-state index in [4.69, 9.17) is 0 Å². The molecule has 1 unspecified atom stereocenters. The predicted molar refractivity (Wildman–Crippen MR) is 65.9 cm³/mol. The first-order chi connectivity index (χ1) is 6.33. The van der Waals surface area contributed by atoms with Crippen LogP contribution in [0.4, 0.5) is 0 Å². The van der Waals surface area contributed by atoms with E-state index in [1.54, 1.807) is 0 Å². The summed E-state index contributed by atoms with van der Waals surface area (Å²) in [5, 5.41) is 3.68. The van der Waals surface area contributed by atoms with Crippen molar-refractivity contribution in [3.8, 4) is 0 Å². The van der Waals surface area contributed by atoms with Crippen molar-refractivity contribution in [1.29, 1.82) is 0 Å². The van der Waals surface area contributed by atoms with Crippen LogP contribution in [0.5, 0.6) is 0 Å². The Labute approximate surface area is 90.8 Å². The van der Waals surface area contributed by atoms with Gasteiger partial charge >= 0.3 is 0 Å². The highest BCUT2D eigenvalue weighted by Gasteiger charge is 2.13. The first kappa shape index (κ1) is 11.7. The molecule has 3 heteroatoms. The molecular formula is C10H21NS2. The van der Waals surface area contributed by atoms with E-state index in [2.05, 4.69) is 30.3 Å². The summed E-state index contributed by atoms with van der Waals surface area (Å²) in [5.74, 6) is 4.82. The second-order valence-corrected chi connectivity index (χ2v) is 5.99. The third kappa shape index (κ3) is 5.18. The number of thioether (sulfide) groups is 2. The molecule has 0 aromatic carbocycles. The fourth-order valence-corrected chi connectivity index (χ4v) is 3.41. The summed E-state index contributed by atoms with van der Waals surface area (Å²) in [6.45, 7) is 3.54. The first-order valence-electron chi connectivity index (χ1n) is 5.13. The van der Waals surface area contributed by atoms with Crippen LogP contribution < -0.4 is 5.32 Å². The van der Waals surface area contributed by atoms with Crippen LogP contribution in [-0.4, -0.2) is 36.1 Å². The van der Waals surface area contributed by atoms with Gasteiger partial charge in [0.15, 0.2) is 0 Å². The fourth-order valence-electron chi connectivity index (χ4n) is 1.61. The van der Waals surface area contributed by atoms with Crippen LogP contribution in [0.2, 0.25) is 0 Å². The second kappa shape index (κ2) is 7.02. The van der Waals surface area contributed by atoms with E-state index in [1.807, 2.05) is 11.8 Å². The summed E-state index contributed by atoms with van der Waals surface area (Å²) >= 11 is 4.05. The van der Waals surface area contributed by atoms with E-state index in [0.29, 0.717) is 0 Å². The van der Waals surface area contributed by atoms with E-state index in [1.165, 1.54) is 36.6 Å². The number of rotatable bonds is 5. The zero-order chi connectivity index (χ0) is 9.52. The van der Waals surface area contributed by atoms with Gasteiger partial charge in [-0.3, -0.25) is 0 Å². The lowest BCUT2D eigenvalue weighted by Crippen LogP contribution is -2.35. The van der Waals surface area contributed by atoms with Crippen molar-refractivity contribution >= 4 is 23.5 Å². The van der Waals surface area contributed by atoms with Crippen LogP contribution in [-0.2, 0) is 0 Å². The van der Waals surface area contributed by atoms with Crippen molar-refractivity contribution in [3.05, 3.63) is 0 Å². The molecule has 0 radical (unpaired) electrons. The van der Waals surface area contributed by atoms with E-state index >= 15 is 0 Å². The molecule has 1 rings (SSSR count). The van der Waals surface area contributed by atoms with E-state index in [9.17, 15) is 0 Å². The van der Waals surface area contributed by atoms with Gasteiger partial charge in [0.05, 0.1) is 0 Å². The quantitative estimate of drug-likeness (QED) is 0.763. The van der Waals surface area contributed by atoms with Crippen LogP contribution in [0.25, 0.3) is 0 Å².